The molecular weight excluding hydrogens is 413 g/mol. The summed E-state index contributed by atoms with van der Waals surface area (Å²) in [6, 6.07) is 7.85. The molecule has 8 nitrogen and oxygen atoms in total. The minimum atomic E-state index is -4.57. The maximum atomic E-state index is 12.8. The molecule has 0 aromatic heterocycles. The van der Waals surface area contributed by atoms with Gasteiger partial charge in [-0.1, -0.05) is 17.8 Å². The number of amides is 1. The number of nitrogens with zero attached hydrogens (tertiary/aromatic N) is 3. The number of nitrogens with one attached hydrogen (secondary N) is 1. The lowest BCUT2D eigenvalue weighted by Gasteiger charge is -2.10. The van der Waals surface area contributed by atoms with Gasteiger partial charge in [-0.3, -0.25) is 14.9 Å². The Morgan fingerprint density at radius 2 is 2.03 bits per heavy atom. The van der Waals surface area contributed by atoms with Crippen LogP contribution in [0.15, 0.2) is 52.7 Å². The minimum Gasteiger partial charge on any atom is -0.450 e. The van der Waals surface area contributed by atoms with Crippen molar-refractivity contribution in [2.24, 2.45) is 10.2 Å². The molecule has 1 aliphatic heterocycles. The summed E-state index contributed by atoms with van der Waals surface area (Å²) in [7, 11) is 0. The summed E-state index contributed by atoms with van der Waals surface area (Å²) >= 11 is 1.17. The number of carbonyl (C=O) groups excluding carboxylic acids is 1. The van der Waals surface area contributed by atoms with Crippen LogP contribution in [0.25, 0.3) is 0 Å². The second-order valence-electron chi connectivity index (χ2n) is 5.60. The SMILES string of the molecule is O=C1CSC(=NN=Cc2ccc(Oc3cccc(C(F)(F)F)c3)c([N+](=O)[O-])c2)N1. The van der Waals surface area contributed by atoms with Crippen LogP contribution in [0, 0.1) is 10.1 Å². The van der Waals surface area contributed by atoms with Crippen molar-refractivity contribution in [2.45, 2.75) is 6.18 Å². The molecular formula is C17H11F3N4O4S. The Balaban J connectivity index is 1.82. The van der Waals surface area contributed by atoms with Gasteiger partial charge >= 0.3 is 11.9 Å². The third kappa shape index (κ3) is 5.31. The van der Waals surface area contributed by atoms with Gasteiger partial charge in [0.15, 0.2) is 5.17 Å². The summed E-state index contributed by atoms with van der Waals surface area (Å²) in [5, 5.41) is 21.6. The first kappa shape index (κ1) is 20.3. The van der Waals surface area contributed by atoms with E-state index in [-0.39, 0.29) is 23.2 Å². The van der Waals surface area contributed by atoms with Crippen LogP contribution in [0.4, 0.5) is 18.9 Å². The van der Waals surface area contributed by atoms with E-state index < -0.39 is 22.4 Å². The van der Waals surface area contributed by atoms with Gasteiger partial charge in [0.2, 0.25) is 11.7 Å². The molecule has 1 heterocycles. The number of nitro groups is 1. The zero-order valence-corrected chi connectivity index (χ0v) is 15.2. The molecule has 0 saturated carbocycles. The van der Waals surface area contributed by atoms with Crippen LogP contribution in [-0.2, 0) is 11.0 Å². The molecule has 3 rings (SSSR count). The number of alkyl halides is 3. The van der Waals surface area contributed by atoms with Gasteiger partial charge in [0.1, 0.15) is 5.75 Å². The van der Waals surface area contributed by atoms with Gasteiger partial charge in [0.05, 0.1) is 22.5 Å². The van der Waals surface area contributed by atoms with Crippen LogP contribution < -0.4 is 10.1 Å². The highest BCUT2D eigenvalue weighted by molar-refractivity contribution is 8.15. The third-order valence-electron chi connectivity index (χ3n) is 3.51. The Labute approximate surface area is 165 Å². The molecule has 0 spiro atoms. The van der Waals surface area contributed by atoms with E-state index in [2.05, 4.69) is 15.5 Å². The summed E-state index contributed by atoms with van der Waals surface area (Å²) < 4.78 is 43.7. The number of halogens is 3. The number of ether oxygens (including phenoxy) is 1. The van der Waals surface area contributed by atoms with Gasteiger partial charge in [-0.05, 0) is 30.3 Å². The minimum absolute atomic E-state index is 0.190. The molecule has 0 bridgehead atoms. The molecule has 0 unspecified atom stereocenters. The molecule has 0 radical (unpaired) electrons. The Bertz CT molecular complexity index is 1020. The smallest absolute Gasteiger partial charge is 0.416 e. The molecule has 1 amide bonds. The molecule has 1 fully saturated rings. The number of amidine groups is 1. The summed E-state index contributed by atoms with van der Waals surface area (Å²) in [6.45, 7) is 0. The van der Waals surface area contributed by atoms with Gasteiger partial charge < -0.3 is 10.1 Å². The highest BCUT2D eigenvalue weighted by atomic mass is 32.2. The number of nitro benzene ring substituents is 1. The highest BCUT2D eigenvalue weighted by Crippen LogP contribution is 2.35. The molecule has 1 aliphatic rings. The molecule has 1 saturated heterocycles. The quantitative estimate of drug-likeness (QED) is 0.444. The third-order valence-corrected chi connectivity index (χ3v) is 4.37. The first-order valence-corrected chi connectivity index (χ1v) is 8.88. The van der Waals surface area contributed by atoms with E-state index >= 15 is 0 Å². The Morgan fingerprint density at radius 3 is 2.69 bits per heavy atom. The Morgan fingerprint density at radius 1 is 1.24 bits per heavy atom. The Hall–Kier alpha value is -3.41. The highest BCUT2D eigenvalue weighted by Gasteiger charge is 2.30. The fraction of sp³-hybridized carbons (Fsp3) is 0.118. The van der Waals surface area contributed by atoms with Crippen molar-refractivity contribution in [1.82, 2.24) is 5.32 Å². The van der Waals surface area contributed by atoms with E-state index in [0.717, 1.165) is 24.3 Å². The van der Waals surface area contributed by atoms with Crippen LogP contribution in [-0.4, -0.2) is 28.0 Å². The maximum absolute atomic E-state index is 12.8. The number of carbonyl (C=O) groups is 1. The van der Waals surface area contributed by atoms with E-state index in [0.29, 0.717) is 10.7 Å². The van der Waals surface area contributed by atoms with Crippen molar-refractivity contribution in [2.75, 3.05) is 5.75 Å². The maximum Gasteiger partial charge on any atom is 0.416 e. The number of hydrogen-bond acceptors (Lipinski definition) is 7. The normalized spacial score (nSPS) is 15.7. The first-order valence-electron chi connectivity index (χ1n) is 7.89. The zero-order valence-electron chi connectivity index (χ0n) is 14.3. The fourth-order valence-corrected chi connectivity index (χ4v) is 2.86. The van der Waals surface area contributed by atoms with E-state index in [1.165, 1.54) is 36.2 Å². The molecule has 1 N–H and O–H groups in total. The second kappa shape index (κ2) is 8.31. The lowest BCUT2D eigenvalue weighted by molar-refractivity contribution is -0.385. The predicted octanol–water partition coefficient (Wildman–Crippen LogP) is 3.96. The van der Waals surface area contributed by atoms with Crippen molar-refractivity contribution < 1.29 is 27.6 Å². The van der Waals surface area contributed by atoms with Crippen LogP contribution in [0.1, 0.15) is 11.1 Å². The summed E-state index contributed by atoms with van der Waals surface area (Å²) in [6.07, 6.45) is -3.33. The largest absolute Gasteiger partial charge is 0.450 e. The summed E-state index contributed by atoms with van der Waals surface area (Å²) in [4.78, 5) is 21.7. The van der Waals surface area contributed by atoms with Crippen LogP contribution in [0.5, 0.6) is 11.5 Å². The number of hydrogen-bond donors (Lipinski definition) is 1. The molecule has 2 aromatic rings. The Kier molecular flexibility index (Phi) is 5.82. The predicted molar refractivity (Wildman–Crippen MR) is 100 cm³/mol. The lowest BCUT2D eigenvalue weighted by Crippen LogP contribution is -2.19. The topological polar surface area (TPSA) is 106 Å². The standard InChI is InChI=1S/C17H11F3N4O4S/c18-17(19,20)11-2-1-3-12(7-11)28-14-5-4-10(6-13(14)24(26)27)8-21-23-16-22-15(25)9-29-16/h1-8H,9H2,(H,22,23,25). The summed E-state index contributed by atoms with van der Waals surface area (Å²) in [5.74, 6) is -0.377. The van der Waals surface area contributed by atoms with Gasteiger partial charge in [-0.15, -0.1) is 5.10 Å². The van der Waals surface area contributed by atoms with Crippen molar-refractivity contribution >= 4 is 34.7 Å². The average molecular weight is 424 g/mol. The summed E-state index contributed by atoms with van der Waals surface area (Å²) in [5.41, 5.74) is -1.08. The first-order chi connectivity index (χ1) is 13.7. The number of benzene rings is 2. The van der Waals surface area contributed by atoms with Crippen molar-refractivity contribution in [3.63, 3.8) is 0 Å². The van der Waals surface area contributed by atoms with Crippen LogP contribution >= 0.6 is 11.8 Å². The van der Waals surface area contributed by atoms with Gasteiger partial charge in [0.25, 0.3) is 0 Å². The van der Waals surface area contributed by atoms with Crippen LogP contribution in [0.3, 0.4) is 0 Å². The van der Waals surface area contributed by atoms with E-state index in [1.54, 1.807) is 0 Å². The molecule has 12 heteroatoms. The van der Waals surface area contributed by atoms with Crippen molar-refractivity contribution in [1.29, 1.82) is 0 Å². The monoisotopic (exact) mass is 424 g/mol. The van der Waals surface area contributed by atoms with Gasteiger partial charge in [-0.25, -0.2) is 0 Å². The van der Waals surface area contributed by atoms with E-state index in [9.17, 15) is 28.1 Å². The molecule has 2 aromatic carbocycles. The van der Waals surface area contributed by atoms with Crippen LogP contribution in [0.2, 0.25) is 0 Å². The number of thioether (sulfide) groups is 1. The fourth-order valence-electron chi connectivity index (χ4n) is 2.23. The molecule has 0 atom stereocenters. The van der Waals surface area contributed by atoms with E-state index in [1.807, 2.05) is 0 Å². The average Bonchev–Trinajstić information content (AvgIpc) is 3.07. The molecule has 150 valence electrons. The van der Waals surface area contributed by atoms with Crippen molar-refractivity contribution in [3.8, 4) is 11.5 Å². The van der Waals surface area contributed by atoms with E-state index in [4.69, 9.17) is 4.74 Å². The second-order valence-corrected chi connectivity index (χ2v) is 6.56. The van der Waals surface area contributed by atoms with Gasteiger partial charge in [-0.2, -0.15) is 18.3 Å². The lowest BCUT2D eigenvalue weighted by atomic mass is 10.2. The van der Waals surface area contributed by atoms with Gasteiger partial charge in [0, 0.05) is 11.6 Å². The number of rotatable bonds is 5. The zero-order chi connectivity index (χ0) is 21.0. The van der Waals surface area contributed by atoms with Crippen molar-refractivity contribution in [3.05, 3.63) is 63.7 Å². The molecule has 29 heavy (non-hydrogen) atoms. The molecule has 0 aliphatic carbocycles.